The molecular formula is C31H28BrIN2O5. The van der Waals surface area contributed by atoms with E-state index in [4.69, 9.17) is 18.9 Å². The van der Waals surface area contributed by atoms with Crippen molar-refractivity contribution in [2.24, 2.45) is 5.10 Å². The zero-order valence-electron chi connectivity index (χ0n) is 22.0. The highest BCUT2D eigenvalue weighted by atomic mass is 127. The van der Waals surface area contributed by atoms with Crippen LogP contribution in [0.5, 0.6) is 23.0 Å². The maximum atomic E-state index is 12.8. The normalized spacial score (nSPS) is 10.8. The molecule has 0 bridgehead atoms. The fourth-order valence-corrected chi connectivity index (χ4v) is 4.74. The van der Waals surface area contributed by atoms with E-state index in [0.717, 1.165) is 24.7 Å². The van der Waals surface area contributed by atoms with Crippen molar-refractivity contribution in [2.75, 3.05) is 13.7 Å². The van der Waals surface area contributed by atoms with E-state index in [1.165, 1.54) is 0 Å². The number of hydrogen-bond donors (Lipinski definition) is 1. The first-order valence-corrected chi connectivity index (χ1v) is 14.4. The largest absolute Gasteiger partial charge is 0.493 e. The number of nitrogens with zero attached hydrogens (tertiary/aromatic N) is 1. The lowest BCUT2D eigenvalue weighted by Crippen LogP contribution is -2.17. The molecule has 40 heavy (non-hydrogen) atoms. The van der Waals surface area contributed by atoms with Gasteiger partial charge in [-0.1, -0.05) is 58.4 Å². The van der Waals surface area contributed by atoms with Gasteiger partial charge >= 0.3 is 0 Å². The average molecular weight is 715 g/mol. The van der Waals surface area contributed by atoms with Crippen LogP contribution in [0.4, 0.5) is 0 Å². The number of amides is 1. The molecule has 9 heteroatoms. The molecule has 0 saturated carbocycles. The summed E-state index contributed by atoms with van der Waals surface area (Å²) in [6.07, 6.45) is 1.56. The number of methoxy groups -OCH3 is 1. The van der Waals surface area contributed by atoms with Crippen LogP contribution in [-0.2, 0) is 13.2 Å². The lowest BCUT2D eigenvalue weighted by Gasteiger charge is -2.14. The van der Waals surface area contributed by atoms with E-state index in [1.54, 1.807) is 37.6 Å². The van der Waals surface area contributed by atoms with Crippen LogP contribution in [-0.4, -0.2) is 25.8 Å². The quantitative estimate of drug-likeness (QED) is 0.0942. The van der Waals surface area contributed by atoms with Crippen molar-refractivity contribution in [3.05, 3.63) is 115 Å². The third-order valence-electron chi connectivity index (χ3n) is 5.67. The Labute approximate surface area is 255 Å². The van der Waals surface area contributed by atoms with Gasteiger partial charge in [-0.25, -0.2) is 5.43 Å². The van der Waals surface area contributed by atoms with Crippen LogP contribution in [0.2, 0.25) is 0 Å². The smallest absolute Gasteiger partial charge is 0.271 e. The number of nitrogens with one attached hydrogen (secondary N) is 1. The van der Waals surface area contributed by atoms with Gasteiger partial charge in [0.25, 0.3) is 5.91 Å². The van der Waals surface area contributed by atoms with Crippen molar-refractivity contribution in [1.82, 2.24) is 5.43 Å². The first-order valence-electron chi connectivity index (χ1n) is 12.5. The summed E-state index contributed by atoms with van der Waals surface area (Å²) in [4.78, 5) is 12.8. The van der Waals surface area contributed by atoms with E-state index >= 15 is 0 Å². The van der Waals surface area contributed by atoms with E-state index in [-0.39, 0.29) is 5.91 Å². The van der Waals surface area contributed by atoms with Crippen molar-refractivity contribution in [1.29, 1.82) is 0 Å². The summed E-state index contributed by atoms with van der Waals surface area (Å²) < 4.78 is 25.1. The first kappa shape index (κ1) is 29.4. The molecule has 0 atom stereocenters. The second kappa shape index (κ2) is 14.7. The van der Waals surface area contributed by atoms with Gasteiger partial charge in [0.1, 0.15) is 13.2 Å². The maximum Gasteiger partial charge on any atom is 0.271 e. The van der Waals surface area contributed by atoms with E-state index in [2.05, 4.69) is 49.0 Å². The van der Waals surface area contributed by atoms with Crippen LogP contribution in [0.3, 0.4) is 0 Å². The van der Waals surface area contributed by atoms with E-state index in [0.29, 0.717) is 48.4 Å². The Hall–Kier alpha value is -3.57. The maximum absolute atomic E-state index is 12.8. The molecule has 0 unspecified atom stereocenters. The van der Waals surface area contributed by atoms with Crippen LogP contribution in [0, 0.1) is 3.57 Å². The zero-order valence-corrected chi connectivity index (χ0v) is 25.8. The number of hydrazone groups is 1. The number of rotatable bonds is 12. The van der Waals surface area contributed by atoms with Crippen molar-refractivity contribution < 1.29 is 23.7 Å². The molecule has 206 valence electrons. The standard InChI is InChI=1S/C31H28BrIN2O5/c1-3-38-28-17-24(11-14-27(28)39-19-21-7-5-4-6-8-21)31(36)35-34-18-23-15-26(33)30(29(16-23)37-2)40-20-22-9-12-25(32)13-10-22/h4-18H,3,19-20H2,1-2H3,(H,35,36)/b34-18+. The van der Waals surface area contributed by atoms with Gasteiger partial charge in [0.05, 0.1) is 23.5 Å². The summed E-state index contributed by atoms with van der Waals surface area (Å²) in [6, 6.07) is 26.6. The summed E-state index contributed by atoms with van der Waals surface area (Å²) in [5.74, 6) is 1.90. The summed E-state index contributed by atoms with van der Waals surface area (Å²) >= 11 is 5.64. The number of halogens is 2. The summed E-state index contributed by atoms with van der Waals surface area (Å²) in [6.45, 7) is 3.12. The average Bonchev–Trinajstić information content (AvgIpc) is 2.97. The van der Waals surface area contributed by atoms with E-state index in [1.807, 2.05) is 67.6 Å². The SMILES string of the molecule is CCOc1cc(C(=O)N/N=C/c2cc(I)c(OCc3ccc(Br)cc3)c(OC)c2)ccc1OCc1ccccc1. The fraction of sp³-hybridized carbons (Fsp3) is 0.161. The van der Waals surface area contributed by atoms with Gasteiger partial charge < -0.3 is 18.9 Å². The number of hydrogen-bond acceptors (Lipinski definition) is 6. The van der Waals surface area contributed by atoms with Gasteiger partial charge in [-0.3, -0.25) is 4.79 Å². The predicted octanol–water partition coefficient (Wildman–Crippen LogP) is 7.38. The Morgan fingerprint density at radius 3 is 2.33 bits per heavy atom. The van der Waals surface area contributed by atoms with Gasteiger partial charge in [0.15, 0.2) is 23.0 Å². The Morgan fingerprint density at radius 1 is 0.875 bits per heavy atom. The van der Waals surface area contributed by atoms with Crippen LogP contribution in [0.25, 0.3) is 0 Å². The summed E-state index contributed by atoms with van der Waals surface area (Å²) in [7, 11) is 1.59. The Kier molecular flexibility index (Phi) is 10.8. The molecule has 7 nitrogen and oxygen atoms in total. The monoisotopic (exact) mass is 714 g/mol. The zero-order chi connectivity index (χ0) is 28.3. The Bertz CT molecular complexity index is 1460. The minimum absolute atomic E-state index is 0.372. The molecule has 1 N–H and O–H groups in total. The minimum Gasteiger partial charge on any atom is -0.493 e. The summed E-state index contributed by atoms with van der Waals surface area (Å²) in [5, 5.41) is 4.14. The molecule has 0 aromatic heterocycles. The van der Waals surface area contributed by atoms with Gasteiger partial charge in [-0.05, 0) is 88.7 Å². The number of carbonyl (C=O) groups is 1. The van der Waals surface area contributed by atoms with Gasteiger partial charge in [0.2, 0.25) is 0 Å². The predicted molar refractivity (Wildman–Crippen MR) is 168 cm³/mol. The first-order chi connectivity index (χ1) is 19.5. The Morgan fingerprint density at radius 2 is 1.60 bits per heavy atom. The van der Waals surface area contributed by atoms with Crippen LogP contribution in [0.15, 0.2) is 94.5 Å². The molecule has 0 aliphatic rings. The number of ether oxygens (including phenoxy) is 4. The molecule has 0 spiro atoms. The lowest BCUT2D eigenvalue weighted by molar-refractivity contribution is 0.0954. The lowest BCUT2D eigenvalue weighted by atomic mass is 10.2. The highest BCUT2D eigenvalue weighted by Crippen LogP contribution is 2.34. The van der Waals surface area contributed by atoms with Gasteiger partial charge in [0, 0.05) is 10.0 Å². The van der Waals surface area contributed by atoms with Crippen molar-refractivity contribution >= 4 is 50.6 Å². The molecule has 0 saturated heterocycles. The van der Waals surface area contributed by atoms with Gasteiger partial charge in [-0.15, -0.1) is 0 Å². The number of carbonyl (C=O) groups excluding carboxylic acids is 1. The van der Waals surface area contributed by atoms with Crippen LogP contribution < -0.4 is 24.4 Å². The third kappa shape index (κ3) is 8.22. The van der Waals surface area contributed by atoms with Crippen LogP contribution >= 0.6 is 38.5 Å². The highest BCUT2D eigenvalue weighted by Gasteiger charge is 2.13. The highest BCUT2D eigenvalue weighted by molar-refractivity contribution is 14.1. The molecule has 1 amide bonds. The summed E-state index contributed by atoms with van der Waals surface area (Å²) in [5.41, 5.74) is 5.80. The molecule has 0 fully saturated rings. The topological polar surface area (TPSA) is 78.4 Å². The second-order valence-corrected chi connectivity index (χ2v) is 10.6. The van der Waals surface area contributed by atoms with Crippen LogP contribution in [0.1, 0.15) is 34.0 Å². The van der Waals surface area contributed by atoms with Crippen molar-refractivity contribution in [3.63, 3.8) is 0 Å². The van der Waals surface area contributed by atoms with E-state index in [9.17, 15) is 4.79 Å². The number of benzene rings is 4. The molecular weight excluding hydrogens is 687 g/mol. The molecule has 0 heterocycles. The van der Waals surface area contributed by atoms with Crippen molar-refractivity contribution in [2.45, 2.75) is 20.1 Å². The molecule has 0 aliphatic carbocycles. The van der Waals surface area contributed by atoms with E-state index < -0.39 is 0 Å². The molecule has 4 rings (SSSR count). The second-order valence-electron chi connectivity index (χ2n) is 8.52. The van der Waals surface area contributed by atoms with Crippen molar-refractivity contribution in [3.8, 4) is 23.0 Å². The fourth-order valence-electron chi connectivity index (χ4n) is 3.69. The molecule has 0 radical (unpaired) electrons. The molecule has 0 aliphatic heterocycles. The molecule has 4 aromatic carbocycles. The minimum atomic E-state index is -0.372. The van der Waals surface area contributed by atoms with Gasteiger partial charge in [-0.2, -0.15) is 5.10 Å². The molecule has 4 aromatic rings. The third-order valence-corrected chi connectivity index (χ3v) is 7.00. The Balaban J connectivity index is 1.40.